The number of aromatic nitrogens is 1. The first-order valence-corrected chi connectivity index (χ1v) is 6.57. The van der Waals surface area contributed by atoms with Crippen LogP contribution in [0.5, 0.6) is 11.5 Å². The summed E-state index contributed by atoms with van der Waals surface area (Å²) in [6.45, 7) is 0. The zero-order chi connectivity index (χ0) is 14.8. The SMILES string of the molecule is O=C(O)c1cc(Cl)ccc1Oc1cnc2ccccc2c1. The molecule has 2 aromatic carbocycles. The first-order chi connectivity index (χ1) is 10.1. The molecule has 21 heavy (non-hydrogen) atoms. The molecule has 5 heteroatoms. The van der Waals surface area contributed by atoms with Crippen LogP contribution in [-0.4, -0.2) is 16.1 Å². The van der Waals surface area contributed by atoms with Crippen LogP contribution in [0.1, 0.15) is 10.4 Å². The van der Waals surface area contributed by atoms with Crippen LogP contribution in [-0.2, 0) is 0 Å². The predicted molar refractivity (Wildman–Crippen MR) is 80.2 cm³/mol. The molecule has 0 amide bonds. The van der Waals surface area contributed by atoms with Gasteiger partial charge in [-0.1, -0.05) is 29.8 Å². The molecule has 0 saturated heterocycles. The van der Waals surface area contributed by atoms with Gasteiger partial charge >= 0.3 is 5.97 Å². The summed E-state index contributed by atoms with van der Waals surface area (Å²) in [5, 5.41) is 10.4. The molecule has 4 nitrogen and oxygen atoms in total. The van der Waals surface area contributed by atoms with Crippen molar-refractivity contribution in [3.05, 3.63) is 65.3 Å². The van der Waals surface area contributed by atoms with E-state index in [-0.39, 0.29) is 11.3 Å². The number of ether oxygens (including phenoxy) is 1. The summed E-state index contributed by atoms with van der Waals surface area (Å²) in [5.74, 6) is -0.399. The normalized spacial score (nSPS) is 10.5. The molecular formula is C16H10ClNO3. The van der Waals surface area contributed by atoms with E-state index in [4.69, 9.17) is 16.3 Å². The molecule has 3 aromatic rings. The van der Waals surface area contributed by atoms with Crippen LogP contribution in [0.4, 0.5) is 0 Å². The first-order valence-electron chi connectivity index (χ1n) is 6.19. The molecule has 1 heterocycles. The minimum atomic E-state index is -1.10. The van der Waals surface area contributed by atoms with Crippen LogP contribution in [0.2, 0.25) is 5.02 Å². The number of hydrogen-bond acceptors (Lipinski definition) is 3. The Bertz CT molecular complexity index is 833. The minimum Gasteiger partial charge on any atom is -0.478 e. The van der Waals surface area contributed by atoms with Gasteiger partial charge in [-0.3, -0.25) is 4.98 Å². The number of carboxylic acids is 1. The second-order valence-corrected chi connectivity index (χ2v) is 4.85. The van der Waals surface area contributed by atoms with E-state index in [9.17, 15) is 9.90 Å². The standard InChI is InChI=1S/C16H10ClNO3/c17-11-5-6-15(13(8-11)16(19)20)21-12-7-10-3-1-2-4-14(10)18-9-12/h1-9H,(H,19,20). The fourth-order valence-electron chi connectivity index (χ4n) is 1.99. The van der Waals surface area contributed by atoms with Crippen molar-refractivity contribution in [1.29, 1.82) is 0 Å². The van der Waals surface area contributed by atoms with Crippen LogP contribution in [0.3, 0.4) is 0 Å². The van der Waals surface area contributed by atoms with Crippen LogP contribution >= 0.6 is 11.6 Å². The van der Waals surface area contributed by atoms with Crippen molar-refractivity contribution in [2.45, 2.75) is 0 Å². The van der Waals surface area contributed by atoms with Gasteiger partial charge in [-0.25, -0.2) is 4.79 Å². The summed E-state index contributed by atoms with van der Waals surface area (Å²) >= 11 is 5.81. The zero-order valence-corrected chi connectivity index (χ0v) is 11.5. The number of fused-ring (bicyclic) bond motifs is 1. The van der Waals surface area contributed by atoms with Crippen molar-refractivity contribution >= 4 is 28.5 Å². The van der Waals surface area contributed by atoms with Gasteiger partial charge in [-0.15, -0.1) is 0 Å². The summed E-state index contributed by atoms with van der Waals surface area (Å²) in [5.41, 5.74) is 0.857. The predicted octanol–water partition coefficient (Wildman–Crippen LogP) is 4.38. The average Bonchev–Trinajstić information content (AvgIpc) is 2.49. The summed E-state index contributed by atoms with van der Waals surface area (Å²) < 4.78 is 5.63. The van der Waals surface area contributed by atoms with Crippen LogP contribution in [0, 0.1) is 0 Å². The Labute approximate surface area is 125 Å². The van der Waals surface area contributed by atoms with E-state index >= 15 is 0 Å². The number of hydrogen-bond donors (Lipinski definition) is 1. The van der Waals surface area contributed by atoms with Gasteiger partial charge < -0.3 is 9.84 Å². The first kappa shape index (κ1) is 13.4. The fourth-order valence-corrected chi connectivity index (χ4v) is 2.16. The topological polar surface area (TPSA) is 59.4 Å². The fraction of sp³-hybridized carbons (Fsp3) is 0. The van der Waals surface area contributed by atoms with Gasteiger partial charge in [0.25, 0.3) is 0 Å². The van der Waals surface area contributed by atoms with Crippen molar-refractivity contribution in [2.24, 2.45) is 0 Å². The van der Waals surface area contributed by atoms with Crippen LogP contribution in [0.25, 0.3) is 10.9 Å². The van der Waals surface area contributed by atoms with Gasteiger partial charge in [-0.2, -0.15) is 0 Å². The third kappa shape index (κ3) is 2.80. The maximum atomic E-state index is 11.2. The Hall–Kier alpha value is -2.59. The van der Waals surface area contributed by atoms with E-state index in [1.165, 1.54) is 12.1 Å². The van der Waals surface area contributed by atoms with E-state index in [0.717, 1.165) is 10.9 Å². The smallest absolute Gasteiger partial charge is 0.339 e. The van der Waals surface area contributed by atoms with E-state index in [1.807, 2.05) is 30.3 Å². The van der Waals surface area contributed by atoms with Gasteiger partial charge in [0.05, 0.1) is 11.7 Å². The quantitative estimate of drug-likeness (QED) is 0.779. The Morgan fingerprint density at radius 1 is 1.14 bits per heavy atom. The molecule has 0 bridgehead atoms. The molecule has 0 fully saturated rings. The molecule has 0 spiro atoms. The monoisotopic (exact) mass is 299 g/mol. The molecule has 104 valence electrons. The molecule has 0 aliphatic rings. The van der Waals surface area contributed by atoms with Gasteiger partial charge in [0.2, 0.25) is 0 Å². The number of pyridine rings is 1. The van der Waals surface area contributed by atoms with Crippen molar-refractivity contribution in [1.82, 2.24) is 4.98 Å². The summed E-state index contributed by atoms with van der Waals surface area (Å²) in [6.07, 6.45) is 1.56. The lowest BCUT2D eigenvalue weighted by Gasteiger charge is -2.09. The van der Waals surface area contributed by atoms with Crippen molar-refractivity contribution in [2.75, 3.05) is 0 Å². The van der Waals surface area contributed by atoms with Crippen molar-refractivity contribution in [3.63, 3.8) is 0 Å². The third-order valence-electron chi connectivity index (χ3n) is 2.97. The van der Waals surface area contributed by atoms with Gasteiger partial charge in [0.1, 0.15) is 17.1 Å². The highest BCUT2D eigenvalue weighted by atomic mass is 35.5. The van der Waals surface area contributed by atoms with E-state index < -0.39 is 5.97 Å². The maximum Gasteiger partial charge on any atom is 0.339 e. The second-order valence-electron chi connectivity index (χ2n) is 4.41. The molecule has 0 aliphatic heterocycles. The molecule has 0 unspecified atom stereocenters. The highest BCUT2D eigenvalue weighted by molar-refractivity contribution is 6.31. The number of carboxylic acid groups (broad SMARTS) is 1. The van der Waals surface area contributed by atoms with E-state index in [2.05, 4.69) is 4.98 Å². The number of aromatic carboxylic acids is 1. The van der Waals surface area contributed by atoms with E-state index in [1.54, 1.807) is 12.3 Å². The molecule has 0 radical (unpaired) electrons. The molecule has 0 atom stereocenters. The molecule has 3 rings (SSSR count). The lowest BCUT2D eigenvalue weighted by atomic mass is 10.2. The number of halogens is 1. The molecule has 0 saturated carbocycles. The number of rotatable bonds is 3. The highest BCUT2D eigenvalue weighted by Gasteiger charge is 2.13. The zero-order valence-electron chi connectivity index (χ0n) is 10.8. The highest BCUT2D eigenvalue weighted by Crippen LogP contribution is 2.29. The van der Waals surface area contributed by atoms with Crippen molar-refractivity contribution < 1.29 is 14.6 Å². The van der Waals surface area contributed by atoms with Crippen molar-refractivity contribution in [3.8, 4) is 11.5 Å². The number of nitrogens with zero attached hydrogens (tertiary/aromatic N) is 1. The third-order valence-corrected chi connectivity index (χ3v) is 3.20. The minimum absolute atomic E-state index is 0.00987. The maximum absolute atomic E-state index is 11.2. The number of para-hydroxylation sites is 1. The molecule has 1 aromatic heterocycles. The van der Waals surface area contributed by atoms with Gasteiger partial charge in [0, 0.05) is 10.4 Å². The van der Waals surface area contributed by atoms with Gasteiger partial charge in [0.15, 0.2) is 0 Å². The Balaban J connectivity index is 2.00. The van der Waals surface area contributed by atoms with E-state index in [0.29, 0.717) is 10.8 Å². The lowest BCUT2D eigenvalue weighted by molar-refractivity contribution is 0.0694. The summed E-state index contributed by atoms with van der Waals surface area (Å²) in [7, 11) is 0. The van der Waals surface area contributed by atoms with Crippen LogP contribution < -0.4 is 4.74 Å². The van der Waals surface area contributed by atoms with Gasteiger partial charge in [-0.05, 0) is 30.3 Å². The number of benzene rings is 2. The Kier molecular flexibility index (Phi) is 3.46. The van der Waals surface area contributed by atoms with Crippen LogP contribution in [0.15, 0.2) is 54.7 Å². The average molecular weight is 300 g/mol. The Morgan fingerprint density at radius 2 is 1.95 bits per heavy atom. The summed E-state index contributed by atoms with van der Waals surface area (Å²) in [4.78, 5) is 15.5. The molecule has 1 N–H and O–H groups in total. The second kappa shape index (κ2) is 5.42. The largest absolute Gasteiger partial charge is 0.478 e. The Morgan fingerprint density at radius 3 is 2.76 bits per heavy atom. The summed E-state index contributed by atoms with van der Waals surface area (Å²) in [6, 6.07) is 13.9. The lowest BCUT2D eigenvalue weighted by Crippen LogP contribution is -2.00. The number of carbonyl (C=O) groups is 1. The molecular weight excluding hydrogens is 290 g/mol. The molecule has 0 aliphatic carbocycles.